The van der Waals surface area contributed by atoms with Crippen LogP contribution in [0.4, 0.5) is 4.39 Å². The molecule has 7 nitrogen and oxygen atoms in total. The molecular formula is C20H19FN2O5S2. The second kappa shape index (κ2) is 8.19. The van der Waals surface area contributed by atoms with Gasteiger partial charge in [-0.2, -0.15) is 4.99 Å². The van der Waals surface area contributed by atoms with Gasteiger partial charge < -0.3 is 14.0 Å². The van der Waals surface area contributed by atoms with E-state index < -0.39 is 21.6 Å². The minimum absolute atomic E-state index is 0.00259. The fourth-order valence-electron chi connectivity index (χ4n) is 3.11. The molecule has 3 aromatic rings. The summed E-state index contributed by atoms with van der Waals surface area (Å²) in [7, 11) is -1.77. The van der Waals surface area contributed by atoms with Crippen LogP contribution in [-0.2, 0) is 21.7 Å². The van der Waals surface area contributed by atoms with Gasteiger partial charge in [-0.25, -0.2) is 12.8 Å². The van der Waals surface area contributed by atoms with Crippen molar-refractivity contribution in [3.8, 4) is 11.5 Å². The number of halogens is 1. The summed E-state index contributed by atoms with van der Waals surface area (Å²) in [5.74, 6) is 0.215. The summed E-state index contributed by atoms with van der Waals surface area (Å²) in [5.41, 5.74) is 0.870. The largest absolute Gasteiger partial charge is 0.486 e. The Morgan fingerprint density at radius 1 is 1.17 bits per heavy atom. The first-order valence-corrected chi connectivity index (χ1v) is 11.8. The van der Waals surface area contributed by atoms with Crippen LogP contribution in [0.2, 0.25) is 0 Å². The summed E-state index contributed by atoms with van der Waals surface area (Å²) in [4.78, 5) is 17.0. The highest BCUT2D eigenvalue weighted by Gasteiger charge is 2.17. The quantitative estimate of drug-likeness (QED) is 0.558. The minimum Gasteiger partial charge on any atom is -0.486 e. The van der Waals surface area contributed by atoms with Crippen molar-refractivity contribution in [3.05, 3.63) is 47.0 Å². The van der Waals surface area contributed by atoms with E-state index in [1.807, 2.05) is 12.1 Å². The number of ether oxygens (including phenoxy) is 2. The average molecular weight is 451 g/mol. The summed E-state index contributed by atoms with van der Waals surface area (Å²) in [6.07, 6.45) is 0.129. The minimum atomic E-state index is -3.57. The molecule has 1 aliphatic rings. The Morgan fingerprint density at radius 3 is 2.53 bits per heavy atom. The number of fused-ring (bicyclic) bond motifs is 2. The zero-order chi connectivity index (χ0) is 21.3. The van der Waals surface area contributed by atoms with Gasteiger partial charge in [-0.15, -0.1) is 0 Å². The molecule has 0 unspecified atom stereocenters. The lowest BCUT2D eigenvalue weighted by Crippen LogP contribution is -2.16. The Labute approximate surface area is 176 Å². The zero-order valence-corrected chi connectivity index (χ0v) is 17.8. The lowest BCUT2D eigenvalue weighted by atomic mass is 10.3. The fourth-order valence-corrected chi connectivity index (χ4v) is 5.46. The van der Waals surface area contributed by atoms with Gasteiger partial charge in [-0.05, 0) is 30.7 Å². The first-order chi connectivity index (χ1) is 14.3. The molecule has 0 N–H and O–H groups in total. The predicted molar refractivity (Wildman–Crippen MR) is 110 cm³/mol. The molecular weight excluding hydrogens is 431 g/mol. The van der Waals surface area contributed by atoms with Gasteiger partial charge >= 0.3 is 0 Å². The van der Waals surface area contributed by atoms with Crippen molar-refractivity contribution in [2.24, 2.45) is 12.0 Å². The molecule has 0 aliphatic carbocycles. The standard InChI is InChI=1S/C20H19FN2O5S2/c1-23-15-11-16-17(28-9-8-27-16)12-18(15)29-20(23)22-19(24)3-2-10-30(25,26)14-6-4-13(21)5-7-14/h4-7,11-12H,2-3,8-10H2,1H3. The summed E-state index contributed by atoms with van der Waals surface area (Å²) in [5, 5.41) is 0. The van der Waals surface area contributed by atoms with E-state index in [1.165, 1.54) is 23.5 Å². The Hall–Kier alpha value is -2.72. The van der Waals surface area contributed by atoms with E-state index >= 15 is 0 Å². The summed E-state index contributed by atoms with van der Waals surface area (Å²) in [6, 6.07) is 8.38. The number of carbonyl (C=O) groups is 1. The van der Waals surface area contributed by atoms with Gasteiger partial charge in [0.2, 0.25) is 5.91 Å². The lowest BCUT2D eigenvalue weighted by molar-refractivity contribution is -0.118. The molecule has 0 saturated heterocycles. The monoisotopic (exact) mass is 450 g/mol. The van der Waals surface area contributed by atoms with E-state index in [-0.39, 0.29) is 23.5 Å². The average Bonchev–Trinajstić information content (AvgIpc) is 3.01. The van der Waals surface area contributed by atoms with E-state index in [0.29, 0.717) is 29.5 Å². The molecule has 30 heavy (non-hydrogen) atoms. The van der Waals surface area contributed by atoms with Gasteiger partial charge in [-0.1, -0.05) is 11.3 Å². The zero-order valence-electron chi connectivity index (χ0n) is 16.1. The van der Waals surface area contributed by atoms with Gasteiger partial charge in [-0.3, -0.25) is 4.79 Å². The van der Waals surface area contributed by atoms with E-state index in [0.717, 1.165) is 22.3 Å². The van der Waals surface area contributed by atoms with Crippen LogP contribution in [-0.4, -0.2) is 37.9 Å². The molecule has 2 heterocycles. The second-order valence-corrected chi connectivity index (χ2v) is 9.91. The van der Waals surface area contributed by atoms with Gasteiger partial charge in [0.05, 0.1) is 20.9 Å². The summed E-state index contributed by atoms with van der Waals surface area (Å²) >= 11 is 1.35. The Bertz CT molecular complexity index is 1280. The van der Waals surface area contributed by atoms with E-state index in [2.05, 4.69) is 4.99 Å². The van der Waals surface area contributed by atoms with Crippen molar-refractivity contribution in [2.75, 3.05) is 19.0 Å². The van der Waals surface area contributed by atoms with Crippen LogP contribution in [0.5, 0.6) is 11.5 Å². The van der Waals surface area contributed by atoms with Gasteiger partial charge in [0.1, 0.15) is 19.0 Å². The number of aryl methyl sites for hydroxylation is 1. The number of rotatable bonds is 5. The number of sulfone groups is 1. The van der Waals surface area contributed by atoms with Crippen LogP contribution >= 0.6 is 11.3 Å². The summed E-state index contributed by atoms with van der Waals surface area (Å²) < 4.78 is 51.4. The Morgan fingerprint density at radius 2 is 1.83 bits per heavy atom. The molecule has 10 heteroatoms. The molecule has 0 saturated carbocycles. The third-order valence-electron chi connectivity index (χ3n) is 4.67. The summed E-state index contributed by atoms with van der Waals surface area (Å²) in [6.45, 7) is 0.982. The van der Waals surface area contributed by atoms with Crippen molar-refractivity contribution in [2.45, 2.75) is 17.7 Å². The first-order valence-electron chi connectivity index (χ1n) is 9.28. The topological polar surface area (TPSA) is 87.0 Å². The van der Waals surface area contributed by atoms with E-state index in [1.54, 1.807) is 11.6 Å². The molecule has 0 radical (unpaired) electrons. The van der Waals surface area contributed by atoms with Crippen LogP contribution in [0.1, 0.15) is 12.8 Å². The van der Waals surface area contributed by atoms with Crippen LogP contribution in [0, 0.1) is 5.82 Å². The highest BCUT2D eigenvalue weighted by atomic mass is 32.2. The van der Waals surface area contributed by atoms with E-state index in [9.17, 15) is 17.6 Å². The highest BCUT2D eigenvalue weighted by molar-refractivity contribution is 7.91. The van der Waals surface area contributed by atoms with Crippen LogP contribution in [0.3, 0.4) is 0 Å². The maximum absolute atomic E-state index is 13.0. The predicted octanol–water partition coefficient (Wildman–Crippen LogP) is 2.83. The number of nitrogens with zero attached hydrogens (tertiary/aromatic N) is 2. The van der Waals surface area contributed by atoms with Crippen LogP contribution in [0.25, 0.3) is 10.2 Å². The number of benzene rings is 2. The fraction of sp³-hybridized carbons (Fsp3) is 0.300. The number of aromatic nitrogens is 1. The number of amides is 1. The number of carbonyl (C=O) groups excluding carboxylic acids is 1. The van der Waals surface area contributed by atoms with E-state index in [4.69, 9.17) is 9.47 Å². The Balaban J connectivity index is 1.47. The number of hydrogen-bond acceptors (Lipinski definition) is 6. The lowest BCUT2D eigenvalue weighted by Gasteiger charge is -2.18. The number of thiazole rings is 1. The van der Waals surface area contributed by atoms with Gasteiger partial charge in [0, 0.05) is 25.6 Å². The highest BCUT2D eigenvalue weighted by Crippen LogP contribution is 2.35. The maximum Gasteiger partial charge on any atom is 0.248 e. The van der Waals surface area contributed by atoms with Crippen molar-refractivity contribution >= 4 is 37.3 Å². The van der Waals surface area contributed by atoms with Crippen molar-refractivity contribution in [1.29, 1.82) is 0 Å². The Kier molecular flexibility index (Phi) is 5.61. The second-order valence-electron chi connectivity index (χ2n) is 6.79. The van der Waals surface area contributed by atoms with Crippen molar-refractivity contribution in [1.82, 2.24) is 4.57 Å². The molecule has 0 spiro atoms. The van der Waals surface area contributed by atoms with Gasteiger partial charge in [0.25, 0.3) is 0 Å². The molecule has 2 aromatic carbocycles. The SMILES string of the molecule is Cn1c(=NC(=O)CCCS(=O)(=O)c2ccc(F)cc2)sc2cc3c(cc21)OCCO3. The first kappa shape index (κ1) is 20.5. The third kappa shape index (κ3) is 4.24. The molecule has 0 fully saturated rings. The molecule has 1 aliphatic heterocycles. The molecule has 0 bridgehead atoms. The molecule has 1 amide bonds. The molecule has 0 atom stereocenters. The number of hydrogen-bond donors (Lipinski definition) is 0. The smallest absolute Gasteiger partial charge is 0.248 e. The van der Waals surface area contributed by atoms with Crippen LogP contribution in [0.15, 0.2) is 46.3 Å². The van der Waals surface area contributed by atoms with Crippen molar-refractivity contribution in [3.63, 3.8) is 0 Å². The third-order valence-corrected chi connectivity index (χ3v) is 7.58. The van der Waals surface area contributed by atoms with Gasteiger partial charge in [0.15, 0.2) is 26.1 Å². The molecule has 4 rings (SSSR count). The van der Waals surface area contributed by atoms with Crippen LogP contribution < -0.4 is 14.3 Å². The molecule has 158 valence electrons. The normalized spacial score (nSPS) is 14.3. The maximum atomic E-state index is 13.0. The van der Waals surface area contributed by atoms with Crippen molar-refractivity contribution < 1.29 is 27.1 Å². The molecule has 1 aromatic heterocycles.